The Hall–Kier alpha value is -1.08. The van der Waals surface area contributed by atoms with Crippen LogP contribution in [-0.4, -0.2) is 5.54 Å². The van der Waals surface area contributed by atoms with Crippen LogP contribution >= 0.6 is 0 Å². The molecule has 1 heteroatoms. The Morgan fingerprint density at radius 3 is 2.43 bits per heavy atom. The predicted molar refractivity (Wildman–Crippen MR) is 60.9 cm³/mol. The second-order valence-electron chi connectivity index (χ2n) is 4.25. The van der Waals surface area contributed by atoms with Crippen LogP contribution in [0.1, 0.15) is 31.7 Å². The average molecular weight is 187 g/mol. The normalized spacial score (nSPS) is 20.3. The highest BCUT2D eigenvalue weighted by Gasteiger charge is 2.33. The Labute approximate surface area is 85.6 Å². The molecule has 2 N–H and O–H groups in total. The second-order valence-corrected chi connectivity index (χ2v) is 4.25. The van der Waals surface area contributed by atoms with Gasteiger partial charge >= 0.3 is 0 Å². The van der Waals surface area contributed by atoms with Crippen molar-refractivity contribution in [3.05, 3.63) is 41.5 Å². The number of benzene rings is 1. The molecule has 0 heterocycles. The van der Waals surface area contributed by atoms with Crippen LogP contribution in [0.3, 0.4) is 0 Å². The minimum Gasteiger partial charge on any atom is -0.322 e. The first-order chi connectivity index (χ1) is 6.71. The van der Waals surface area contributed by atoms with E-state index in [1.54, 1.807) is 0 Å². The van der Waals surface area contributed by atoms with Crippen LogP contribution in [0.2, 0.25) is 0 Å². The number of hydrogen-bond acceptors (Lipinski definition) is 1. The van der Waals surface area contributed by atoms with Crippen molar-refractivity contribution in [1.29, 1.82) is 0 Å². The maximum Gasteiger partial charge on any atom is 0.0369 e. The van der Waals surface area contributed by atoms with Gasteiger partial charge in [-0.05, 0) is 31.7 Å². The standard InChI is InChI=1S/C13H17N/c1-11(13(14)8-5-9-13)10-12-6-3-2-4-7-12/h2-4,6-7,10H,5,8-9,14H2,1H3/b11-10-. The van der Waals surface area contributed by atoms with Gasteiger partial charge in [-0.25, -0.2) is 0 Å². The van der Waals surface area contributed by atoms with E-state index in [0.29, 0.717) is 0 Å². The monoisotopic (exact) mass is 187 g/mol. The fraction of sp³-hybridized carbons (Fsp3) is 0.385. The first-order valence-electron chi connectivity index (χ1n) is 5.23. The third-order valence-electron chi connectivity index (χ3n) is 3.21. The highest BCUT2D eigenvalue weighted by atomic mass is 14.8. The number of nitrogens with two attached hydrogens (primary N) is 1. The Kier molecular flexibility index (Phi) is 2.42. The SMILES string of the molecule is C/C(=C/c1ccccc1)C1(N)CCC1. The van der Waals surface area contributed by atoms with Gasteiger partial charge in [-0.2, -0.15) is 0 Å². The molecule has 1 aromatic carbocycles. The first-order valence-corrected chi connectivity index (χ1v) is 5.23. The van der Waals surface area contributed by atoms with E-state index in [-0.39, 0.29) is 5.54 Å². The summed E-state index contributed by atoms with van der Waals surface area (Å²) in [7, 11) is 0. The fourth-order valence-electron chi connectivity index (χ4n) is 1.90. The maximum atomic E-state index is 6.23. The van der Waals surface area contributed by atoms with E-state index < -0.39 is 0 Å². The fourth-order valence-corrected chi connectivity index (χ4v) is 1.90. The van der Waals surface area contributed by atoms with Crippen molar-refractivity contribution in [2.75, 3.05) is 0 Å². The summed E-state index contributed by atoms with van der Waals surface area (Å²) in [5, 5.41) is 0. The summed E-state index contributed by atoms with van der Waals surface area (Å²) < 4.78 is 0. The van der Waals surface area contributed by atoms with Crippen molar-refractivity contribution in [2.24, 2.45) is 5.73 Å². The van der Waals surface area contributed by atoms with Crippen LogP contribution < -0.4 is 5.73 Å². The summed E-state index contributed by atoms with van der Waals surface area (Å²) in [5.41, 5.74) is 8.79. The van der Waals surface area contributed by atoms with E-state index in [9.17, 15) is 0 Å². The lowest BCUT2D eigenvalue weighted by Crippen LogP contribution is -2.47. The molecule has 1 nitrogen and oxygen atoms in total. The molecule has 0 aliphatic heterocycles. The van der Waals surface area contributed by atoms with E-state index >= 15 is 0 Å². The van der Waals surface area contributed by atoms with E-state index in [0.717, 1.165) is 12.8 Å². The quantitative estimate of drug-likeness (QED) is 0.756. The summed E-state index contributed by atoms with van der Waals surface area (Å²) >= 11 is 0. The molecular weight excluding hydrogens is 170 g/mol. The van der Waals surface area contributed by atoms with Crippen molar-refractivity contribution in [2.45, 2.75) is 31.7 Å². The largest absolute Gasteiger partial charge is 0.322 e. The van der Waals surface area contributed by atoms with Gasteiger partial charge in [0.1, 0.15) is 0 Å². The van der Waals surface area contributed by atoms with Gasteiger partial charge < -0.3 is 5.73 Å². The smallest absolute Gasteiger partial charge is 0.0369 e. The van der Waals surface area contributed by atoms with Crippen LogP contribution in [-0.2, 0) is 0 Å². The Morgan fingerprint density at radius 1 is 1.29 bits per heavy atom. The lowest BCUT2D eigenvalue weighted by Gasteiger charge is -2.39. The van der Waals surface area contributed by atoms with Crippen LogP contribution in [0, 0.1) is 0 Å². The molecular formula is C13H17N. The van der Waals surface area contributed by atoms with Crippen molar-refractivity contribution in [3.8, 4) is 0 Å². The van der Waals surface area contributed by atoms with Gasteiger partial charge in [0.15, 0.2) is 0 Å². The number of rotatable bonds is 2. The molecule has 0 saturated heterocycles. The molecule has 2 rings (SSSR count). The van der Waals surface area contributed by atoms with Crippen LogP contribution in [0.5, 0.6) is 0 Å². The van der Waals surface area contributed by atoms with Gasteiger partial charge in [0.05, 0.1) is 0 Å². The molecule has 0 aromatic heterocycles. The van der Waals surface area contributed by atoms with E-state index in [2.05, 4.69) is 37.3 Å². The lowest BCUT2D eigenvalue weighted by atomic mass is 9.72. The maximum absolute atomic E-state index is 6.23. The molecule has 1 fully saturated rings. The molecule has 0 bridgehead atoms. The molecule has 0 spiro atoms. The van der Waals surface area contributed by atoms with E-state index in [1.807, 2.05) is 6.07 Å². The highest BCUT2D eigenvalue weighted by Crippen LogP contribution is 2.36. The summed E-state index contributed by atoms with van der Waals surface area (Å²) in [6, 6.07) is 10.4. The second kappa shape index (κ2) is 3.58. The summed E-state index contributed by atoms with van der Waals surface area (Å²) in [4.78, 5) is 0. The first kappa shape index (κ1) is 9.47. The molecule has 1 aliphatic rings. The molecule has 1 aliphatic carbocycles. The Bertz CT molecular complexity index is 334. The molecule has 74 valence electrons. The van der Waals surface area contributed by atoms with Crippen molar-refractivity contribution >= 4 is 6.08 Å². The summed E-state index contributed by atoms with van der Waals surface area (Å²) in [6.45, 7) is 2.14. The summed E-state index contributed by atoms with van der Waals surface area (Å²) in [6.07, 6.45) is 5.76. The van der Waals surface area contributed by atoms with Crippen molar-refractivity contribution < 1.29 is 0 Å². The molecule has 14 heavy (non-hydrogen) atoms. The molecule has 1 saturated carbocycles. The van der Waals surface area contributed by atoms with E-state index in [4.69, 9.17) is 5.73 Å². The minimum atomic E-state index is -0.00413. The van der Waals surface area contributed by atoms with Crippen LogP contribution in [0.4, 0.5) is 0 Å². The predicted octanol–water partition coefficient (Wildman–Crippen LogP) is 2.97. The zero-order valence-corrected chi connectivity index (χ0v) is 8.66. The van der Waals surface area contributed by atoms with Gasteiger partial charge in [-0.3, -0.25) is 0 Å². The third kappa shape index (κ3) is 1.73. The molecule has 0 unspecified atom stereocenters. The Balaban J connectivity index is 2.18. The minimum absolute atomic E-state index is 0.00413. The van der Waals surface area contributed by atoms with Gasteiger partial charge in [-0.15, -0.1) is 0 Å². The summed E-state index contributed by atoms with van der Waals surface area (Å²) in [5.74, 6) is 0. The van der Waals surface area contributed by atoms with Gasteiger partial charge in [0.2, 0.25) is 0 Å². The molecule has 0 atom stereocenters. The van der Waals surface area contributed by atoms with Crippen molar-refractivity contribution in [3.63, 3.8) is 0 Å². The topological polar surface area (TPSA) is 26.0 Å². The Morgan fingerprint density at radius 2 is 1.93 bits per heavy atom. The molecule has 0 radical (unpaired) electrons. The van der Waals surface area contributed by atoms with Crippen LogP contribution in [0.15, 0.2) is 35.9 Å². The number of hydrogen-bond donors (Lipinski definition) is 1. The third-order valence-corrected chi connectivity index (χ3v) is 3.21. The van der Waals surface area contributed by atoms with Gasteiger partial charge in [0, 0.05) is 5.54 Å². The van der Waals surface area contributed by atoms with Crippen LogP contribution in [0.25, 0.3) is 6.08 Å². The van der Waals surface area contributed by atoms with E-state index in [1.165, 1.54) is 17.6 Å². The van der Waals surface area contributed by atoms with Gasteiger partial charge in [-0.1, -0.05) is 42.0 Å². The molecule has 1 aromatic rings. The average Bonchev–Trinajstić information content (AvgIpc) is 2.15. The van der Waals surface area contributed by atoms with Gasteiger partial charge in [0.25, 0.3) is 0 Å². The lowest BCUT2D eigenvalue weighted by molar-refractivity contribution is 0.300. The zero-order chi connectivity index (χ0) is 10.0. The highest BCUT2D eigenvalue weighted by molar-refractivity contribution is 5.55. The molecule has 0 amide bonds. The zero-order valence-electron chi connectivity index (χ0n) is 8.66. The van der Waals surface area contributed by atoms with Crippen molar-refractivity contribution in [1.82, 2.24) is 0 Å².